The van der Waals surface area contributed by atoms with Crippen molar-refractivity contribution < 1.29 is 4.79 Å². The average Bonchev–Trinajstić information content (AvgIpc) is 2.69. The molecule has 0 atom stereocenters. The maximum absolute atomic E-state index is 12.3. The van der Waals surface area contributed by atoms with E-state index < -0.39 is 0 Å². The minimum absolute atomic E-state index is 0.111. The average molecular weight is 297 g/mol. The van der Waals surface area contributed by atoms with Crippen LogP contribution in [-0.2, 0) is 0 Å². The van der Waals surface area contributed by atoms with Gasteiger partial charge in [0.05, 0.1) is 0 Å². The van der Waals surface area contributed by atoms with Crippen LogP contribution in [0, 0.1) is 0 Å². The van der Waals surface area contributed by atoms with Crippen LogP contribution in [0.15, 0.2) is 0 Å². The minimum Gasteiger partial charge on any atom is -0.382 e. The van der Waals surface area contributed by atoms with Crippen LogP contribution in [0.5, 0.6) is 0 Å². The van der Waals surface area contributed by atoms with E-state index in [0.717, 1.165) is 18.0 Å². The molecule has 2 rings (SSSR count). The van der Waals surface area contributed by atoms with Gasteiger partial charge in [0.15, 0.2) is 5.13 Å². The predicted molar refractivity (Wildman–Crippen MR) is 83.5 cm³/mol. The van der Waals surface area contributed by atoms with Crippen LogP contribution < -0.4 is 16.0 Å². The van der Waals surface area contributed by atoms with Crippen molar-refractivity contribution in [3.8, 4) is 0 Å². The number of rotatable bonds is 5. The third-order valence-corrected chi connectivity index (χ3v) is 5.28. The van der Waals surface area contributed by atoms with E-state index in [-0.39, 0.29) is 11.4 Å². The molecule has 7 heteroatoms. The summed E-state index contributed by atoms with van der Waals surface area (Å²) in [7, 11) is 7.90. The summed E-state index contributed by atoms with van der Waals surface area (Å²) >= 11 is 1.32. The molecule has 1 aromatic heterocycles. The van der Waals surface area contributed by atoms with E-state index in [1.807, 2.05) is 19.0 Å². The summed E-state index contributed by atoms with van der Waals surface area (Å²) in [6.07, 6.45) is 3.48. The van der Waals surface area contributed by atoms with Gasteiger partial charge in [-0.05, 0) is 33.4 Å². The molecule has 1 fully saturated rings. The van der Waals surface area contributed by atoms with Gasteiger partial charge in [0.1, 0.15) is 10.7 Å². The Bertz CT molecular complexity index is 493. The topological polar surface area (TPSA) is 74.5 Å². The number of carbonyl (C=O) groups is 1. The van der Waals surface area contributed by atoms with Gasteiger partial charge in [-0.15, -0.1) is 0 Å². The number of nitrogen functional groups attached to an aromatic ring is 1. The largest absolute Gasteiger partial charge is 0.382 e. The Hall–Kier alpha value is -1.34. The second kappa shape index (κ2) is 5.57. The lowest BCUT2D eigenvalue weighted by atomic mass is 9.75. The molecule has 0 aliphatic heterocycles. The summed E-state index contributed by atoms with van der Waals surface area (Å²) in [5.41, 5.74) is 5.94. The number of thiazole rings is 1. The highest BCUT2D eigenvalue weighted by molar-refractivity contribution is 7.18. The summed E-state index contributed by atoms with van der Waals surface area (Å²) in [4.78, 5) is 21.0. The molecule has 6 nitrogen and oxygen atoms in total. The van der Waals surface area contributed by atoms with Gasteiger partial charge in [0, 0.05) is 26.2 Å². The first-order chi connectivity index (χ1) is 9.35. The first kappa shape index (κ1) is 15.1. The molecule has 1 aliphatic rings. The Morgan fingerprint density at radius 3 is 2.45 bits per heavy atom. The van der Waals surface area contributed by atoms with Gasteiger partial charge in [0.2, 0.25) is 0 Å². The Kier molecular flexibility index (Phi) is 4.19. The van der Waals surface area contributed by atoms with Crippen molar-refractivity contribution in [3.63, 3.8) is 0 Å². The highest BCUT2D eigenvalue weighted by Crippen LogP contribution is 2.35. The molecule has 1 aromatic rings. The van der Waals surface area contributed by atoms with E-state index in [2.05, 4.69) is 29.3 Å². The molecule has 1 saturated carbocycles. The lowest BCUT2D eigenvalue weighted by molar-refractivity contribution is 0.0559. The third kappa shape index (κ3) is 2.73. The first-order valence-corrected chi connectivity index (χ1v) is 7.57. The van der Waals surface area contributed by atoms with E-state index in [9.17, 15) is 4.79 Å². The number of carbonyl (C=O) groups excluding carboxylic acids is 1. The highest BCUT2D eigenvalue weighted by atomic mass is 32.1. The lowest BCUT2D eigenvalue weighted by Gasteiger charge is -2.47. The van der Waals surface area contributed by atoms with Crippen molar-refractivity contribution in [2.75, 3.05) is 45.4 Å². The predicted octanol–water partition coefficient (Wildman–Crippen LogP) is 1.01. The fourth-order valence-corrected chi connectivity index (χ4v) is 3.19. The molecule has 1 aliphatic carbocycles. The normalized spacial score (nSPS) is 16.9. The molecular weight excluding hydrogens is 274 g/mol. The van der Waals surface area contributed by atoms with Crippen LogP contribution in [0.2, 0.25) is 0 Å². The number of aromatic nitrogens is 1. The number of hydrogen-bond donors (Lipinski definition) is 2. The van der Waals surface area contributed by atoms with Crippen LogP contribution in [0.1, 0.15) is 28.9 Å². The zero-order valence-electron chi connectivity index (χ0n) is 12.6. The van der Waals surface area contributed by atoms with Crippen molar-refractivity contribution in [1.29, 1.82) is 0 Å². The minimum atomic E-state index is -0.124. The second-order valence-corrected chi connectivity index (χ2v) is 6.74. The molecule has 0 aromatic carbocycles. The van der Waals surface area contributed by atoms with Gasteiger partial charge in [-0.1, -0.05) is 11.3 Å². The molecule has 1 heterocycles. The van der Waals surface area contributed by atoms with Gasteiger partial charge < -0.3 is 20.9 Å². The molecule has 0 radical (unpaired) electrons. The molecule has 0 unspecified atom stereocenters. The lowest BCUT2D eigenvalue weighted by Crippen LogP contribution is -2.57. The maximum atomic E-state index is 12.3. The summed E-state index contributed by atoms with van der Waals surface area (Å²) < 4.78 is 0. The Balaban J connectivity index is 2.02. The number of nitrogens with two attached hydrogens (primary N) is 1. The van der Waals surface area contributed by atoms with Gasteiger partial charge in [-0.3, -0.25) is 4.79 Å². The molecule has 112 valence electrons. The zero-order valence-corrected chi connectivity index (χ0v) is 13.4. The maximum Gasteiger partial charge on any atom is 0.265 e. The molecule has 0 saturated heterocycles. The first-order valence-electron chi connectivity index (χ1n) is 6.75. The van der Waals surface area contributed by atoms with Crippen LogP contribution in [0.4, 0.5) is 10.9 Å². The van der Waals surface area contributed by atoms with Crippen molar-refractivity contribution in [1.82, 2.24) is 15.2 Å². The van der Waals surface area contributed by atoms with Crippen molar-refractivity contribution in [3.05, 3.63) is 4.88 Å². The fourth-order valence-electron chi connectivity index (χ4n) is 2.37. The molecular formula is C13H23N5OS. The monoisotopic (exact) mass is 297 g/mol. The number of nitrogens with one attached hydrogen (secondary N) is 1. The molecule has 0 bridgehead atoms. The van der Waals surface area contributed by atoms with Gasteiger partial charge in [0.25, 0.3) is 5.91 Å². The molecule has 0 spiro atoms. The Labute approximate surface area is 124 Å². The SMILES string of the molecule is CN(C)c1nc(N)c(C(=O)NCC2(N(C)C)CCC2)s1. The standard InChI is InChI=1S/C13H23N5OS/c1-17(2)12-16-10(14)9(20-12)11(19)15-8-13(18(3)4)6-5-7-13/h5-8,14H2,1-4H3,(H,15,19). The van der Waals surface area contributed by atoms with Gasteiger partial charge in [-0.2, -0.15) is 0 Å². The van der Waals surface area contributed by atoms with E-state index in [1.54, 1.807) is 0 Å². The summed E-state index contributed by atoms with van der Waals surface area (Å²) in [5, 5.41) is 3.76. The third-order valence-electron chi connectivity index (χ3n) is 4.04. The van der Waals surface area contributed by atoms with E-state index in [1.165, 1.54) is 17.8 Å². The smallest absolute Gasteiger partial charge is 0.265 e. The quantitative estimate of drug-likeness (QED) is 0.848. The van der Waals surface area contributed by atoms with Crippen LogP contribution in [-0.4, -0.2) is 56.1 Å². The van der Waals surface area contributed by atoms with E-state index in [4.69, 9.17) is 5.73 Å². The summed E-state index contributed by atoms with van der Waals surface area (Å²) in [6, 6.07) is 0. The number of amides is 1. The number of anilines is 2. The zero-order chi connectivity index (χ0) is 14.9. The Morgan fingerprint density at radius 1 is 1.40 bits per heavy atom. The number of likely N-dealkylation sites (N-methyl/N-ethyl adjacent to an activating group) is 1. The summed E-state index contributed by atoms with van der Waals surface area (Å²) in [6.45, 7) is 0.660. The fraction of sp³-hybridized carbons (Fsp3) is 0.692. The molecule has 20 heavy (non-hydrogen) atoms. The van der Waals surface area contributed by atoms with Gasteiger partial charge >= 0.3 is 0 Å². The number of hydrogen-bond acceptors (Lipinski definition) is 6. The Morgan fingerprint density at radius 2 is 2.05 bits per heavy atom. The van der Waals surface area contributed by atoms with Crippen molar-refractivity contribution >= 4 is 28.2 Å². The van der Waals surface area contributed by atoms with Crippen molar-refractivity contribution in [2.24, 2.45) is 0 Å². The van der Waals surface area contributed by atoms with Crippen LogP contribution in [0.3, 0.4) is 0 Å². The van der Waals surface area contributed by atoms with Crippen LogP contribution >= 0.6 is 11.3 Å². The van der Waals surface area contributed by atoms with E-state index >= 15 is 0 Å². The van der Waals surface area contributed by atoms with Crippen molar-refractivity contribution in [2.45, 2.75) is 24.8 Å². The molecule has 1 amide bonds. The summed E-state index contributed by atoms with van der Waals surface area (Å²) in [5.74, 6) is 0.185. The van der Waals surface area contributed by atoms with E-state index in [0.29, 0.717) is 17.2 Å². The van der Waals surface area contributed by atoms with Crippen LogP contribution in [0.25, 0.3) is 0 Å². The second-order valence-electron chi connectivity index (χ2n) is 5.76. The van der Waals surface area contributed by atoms with Gasteiger partial charge in [-0.25, -0.2) is 4.98 Å². The number of nitrogens with zero attached hydrogens (tertiary/aromatic N) is 3. The molecule has 3 N–H and O–H groups in total. The highest BCUT2D eigenvalue weighted by Gasteiger charge is 2.39.